The smallest absolute Gasteiger partial charge is 0.408 e. The average molecular weight is 390 g/mol. The number of alkyl carbamates (subject to hydrolysis) is 1. The average Bonchev–Trinajstić information content (AvgIpc) is 3.05. The van der Waals surface area contributed by atoms with Crippen LogP contribution in [0.1, 0.15) is 49.9 Å². The van der Waals surface area contributed by atoms with E-state index in [4.69, 9.17) is 4.74 Å². The molecule has 10 heteroatoms. The molecule has 0 aliphatic carbocycles. The fourth-order valence-corrected chi connectivity index (χ4v) is 2.25. The largest absolute Gasteiger partial charge is 0.465 e. The van der Waals surface area contributed by atoms with E-state index in [-0.39, 0.29) is 0 Å². The van der Waals surface area contributed by atoms with Crippen LogP contribution in [0.15, 0.2) is 18.3 Å². The number of methoxy groups -OCH3 is 1. The molecule has 0 saturated heterocycles. The first-order valence-corrected chi connectivity index (χ1v) is 8.70. The van der Waals surface area contributed by atoms with Crippen LogP contribution < -0.4 is 10.2 Å². The van der Waals surface area contributed by atoms with Crippen molar-refractivity contribution in [3.8, 4) is 5.82 Å². The minimum Gasteiger partial charge on any atom is -0.465 e. The molecule has 2 aromatic heterocycles. The quantitative estimate of drug-likeness (QED) is 0.773. The van der Waals surface area contributed by atoms with Crippen molar-refractivity contribution in [1.82, 2.24) is 25.1 Å². The van der Waals surface area contributed by atoms with Crippen molar-refractivity contribution in [2.45, 2.75) is 39.3 Å². The number of anilines is 1. The molecule has 2 aromatic rings. The molecule has 152 valence electrons. The van der Waals surface area contributed by atoms with Gasteiger partial charge in [0.1, 0.15) is 5.60 Å². The van der Waals surface area contributed by atoms with E-state index in [1.54, 1.807) is 44.7 Å². The van der Waals surface area contributed by atoms with E-state index < -0.39 is 23.7 Å². The summed E-state index contributed by atoms with van der Waals surface area (Å²) in [7, 11) is 4.92. The van der Waals surface area contributed by atoms with Gasteiger partial charge in [-0.1, -0.05) is 0 Å². The Morgan fingerprint density at radius 1 is 1.25 bits per heavy atom. The van der Waals surface area contributed by atoms with Crippen LogP contribution in [0.5, 0.6) is 0 Å². The van der Waals surface area contributed by atoms with Crippen LogP contribution in [-0.2, 0) is 9.47 Å². The van der Waals surface area contributed by atoms with E-state index in [2.05, 4.69) is 25.1 Å². The highest BCUT2D eigenvalue weighted by molar-refractivity contribution is 5.88. The summed E-state index contributed by atoms with van der Waals surface area (Å²) in [4.78, 5) is 34.2. The molecule has 1 amide bonds. The van der Waals surface area contributed by atoms with E-state index in [1.807, 2.05) is 14.1 Å². The summed E-state index contributed by atoms with van der Waals surface area (Å²) in [5.74, 6) is 0.882. The highest BCUT2D eigenvalue weighted by Crippen LogP contribution is 2.19. The predicted octanol–water partition coefficient (Wildman–Crippen LogP) is 2.10. The summed E-state index contributed by atoms with van der Waals surface area (Å²) in [6.07, 6.45) is 0.837. The molecule has 1 N–H and O–H groups in total. The third-order valence-corrected chi connectivity index (χ3v) is 3.53. The molecule has 0 aliphatic rings. The number of aromatic nitrogens is 4. The molecule has 0 aliphatic heterocycles. The van der Waals surface area contributed by atoms with Gasteiger partial charge < -0.3 is 19.7 Å². The van der Waals surface area contributed by atoms with Crippen molar-refractivity contribution in [3.63, 3.8) is 0 Å². The van der Waals surface area contributed by atoms with Gasteiger partial charge in [0.2, 0.25) is 5.95 Å². The zero-order valence-electron chi connectivity index (χ0n) is 17.2. The monoisotopic (exact) mass is 390 g/mol. The normalized spacial score (nSPS) is 12.2. The number of rotatable bonds is 5. The van der Waals surface area contributed by atoms with Crippen molar-refractivity contribution >= 4 is 18.0 Å². The molecule has 28 heavy (non-hydrogen) atoms. The zero-order valence-corrected chi connectivity index (χ0v) is 17.2. The summed E-state index contributed by atoms with van der Waals surface area (Å²) in [5, 5.41) is 7.19. The van der Waals surface area contributed by atoms with E-state index in [0.29, 0.717) is 23.2 Å². The Labute approximate surface area is 163 Å². The number of pyridine rings is 1. The molecule has 0 fully saturated rings. The van der Waals surface area contributed by atoms with Gasteiger partial charge in [0.25, 0.3) is 0 Å². The second kappa shape index (κ2) is 8.24. The number of amides is 1. The highest BCUT2D eigenvalue weighted by Gasteiger charge is 2.24. The first-order chi connectivity index (χ1) is 13.0. The summed E-state index contributed by atoms with van der Waals surface area (Å²) in [5.41, 5.74) is -0.293. The van der Waals surface area contributed by atoms with Gasteiger partial charge in [-0.2, -0.15) is 9.67 Å². The number of hydrogen-bond donors (Lipinski definition) is 1. The first kappa shape index (κ1) is 21.1. The van der Waals surface area contributed by atoms with Crippen molar-refractivity contribution < 1.29 is 19.1 Å². The molecule has 0 saturated carbocycles. The molecular weight excluding hydrogens is 364 g/mol. The van der Waals surface area contributed by atoms with Crippen LogP contribution >= 0.6 is 0 Å². The van der Waals surface area contributed by atoms with Crippen LogP contribution in [0.2, 0.25) is 0 Å². The Balaban J connectivity index is 2.34. The molecule has 0 bridgehead atoms. The van der Waals surface area contributed by atoms with Crippen LogP contribution in [0, 0.1) is 0 Å². The molecule has 0 aromatic carbocycles. The van der Waals surface area contributed by atoms with Crippen LogP contribution in [0.4, 0.5) is 10.7 Å². The van der Waals surface area contributed by atoms with Crippen molar-refractivity contribution in [1.29, 1.82) is 0 Å². The number of hydrogen-bond acceptors (Lipinski definition) is 8. The van der Waals surface area contributed by atoms with Crippen LogP contribution in [0.3, 0.4) is 0 Å². The zero-order chi connectivity index (χ0) is 21.1. The molecular formula is C18H26N6O4. The van der Waals surface area contributed by atoms with Gasteiger partial charge in [-0.05, 0) is 39.8 Å². The lowest BCUT2D eigenvalue weighted by atomic mass is 10.2. The summed E-state index contributed by atoms with van der Waals surface area (Å²) in [6.45, 7) is 7.14. The number of carbonyl (C=O) groups is 2. The Morgan fingerprint density at radius 2 is 1.93 bits per heavy atom. The van der Waals surface area contributed by atoms with E-state index in [0.717, 1.165) is 0 Å². The lowest BCUT2D eigenvalue weighted by Gasteiger charge is -2.21. The maximum Gasteiger partial charge on any atom is 0.408 e. The van der Waals surface area contributed by atoms with E-state index in [9.17, 15) is 9.59 Å². The van der Waals surface area contributed by atoms with Gasteiger partial charge in [0.05, 0.1) is 18.7 Å². The maximum atomic E-state index is 12.1. The molecule has 0 radical (unpaired) electrons. The van der Waals surface area contributed by atoms with Crippen molar-refractivity contribution in [3.05, 3.63) is 29.7 Å². The van der Waals surface area contributed by atoms with Crippen LogP contribution in [-0.4, -0.2) is 58.6 Å². The third kappa shape index (κ3) is 5.18. The Morgan fingerprint density at radius 3 is 2.43 bits per heavy atom. The highest BCUT2D eigenvalue weighted by atomic mass is 16.6. The second-order valence-corrected chi connectivity index (χ2v) is 7.34. The van der Waals surface area contributed by atoms with E-state index >= 15 is 0 Å². The number of nitrogens with zero attached hydrogens (tertiary/aromatic N) is 5. The standard InChI is InChI=1S/C18H26N6O4/c1-11(20-17(26)28-18(2,3)4)14-21-16(23(5)6)22-24(14)13-9-8-12(10-19-13)15(25)27-7/h8-11H,1-7H3,(H,20,26)/t11-/m0/s1. The lowest BCUT2D eigenvalue weighted by Crippen LogP contribution is -2.35. The van der Waals surface area contributed by atoms with E-state index in [1.165, 1.54) is 18.0 Å². The van der Waals surface area contributed by atoms with Gasteiger partial charge in [0, 0.05) is 20.3 Å². The van der Waals surface area contributed by atoms with Gasteiger partial charge >= 0.3 is 12.1 Å². The number of ether oxygens (including phenoxy) is 2. The second-order valence-electron chi connectivity index (χ2n) is 7.34. The molecule has 10 nitrogen and oxygen atoms in total. The van der Waals surface area contributed by atoms with Gasteiger partial charge in [0.15, 0.2) is 11.6 Å². The first-order valence-electron chi connectivity index (χ1n) is 8.70. The topological polar surface area (TPSA) is 111 Å². The number of nitrogens with one attached hydrogen (secondary N) is 1. The van der Waals surface area contributed by atoms with Gasteiger partial charge in [-0.3, -0.25) is 0 Å². The van der Waals surface area contributed by atoms with Gasteiger partial charge in [-0.25, -0.2) is 14.6 Å². The third-order valence-electron chi connectivity index (χ3n) is 3.53. The SMILES string of the molecule is COC(=O)c1ccc(-n2nc(N(C)C)nc2[C@H](C)NC(=O)OC(C)(C)C)nc1. The van der Waals surface area contributed by atoms with Crippen LogP contribution in [0.25, 0.3) is 5.82 Å². The Bertz CT molecular complexity index is 839. The minimum atomic E-state index is -0.614. The maximum absolute atomic E-state index is 12.1. The molecule has 1 atom stereocenters. The number of carbonyl (C=O) groups excluding carboxylic acids is 2. The molecule has 0 spiro atoms. The lowest BCUT2D eigenvalue weighted by molar-refractivity contribution is 0.0504. The fourth-order valence-electron chi connectivity index (χ4n) is 2.25. The minimum absolute atomic E-state index is 0.320. The van der Waals surface area contributed by atoms with Crippen molar-refractivity contribution in [2.75, 3.05) is 26.1 Å². The summed E-state index contributed by atoms with van der Waals surface area (Å²) >= 11 is 0. The van der Waals surface area contributed by atoms with Crippen molar-refractivity contribution in [2.24, 2.45) is 0 Å². The Kier molecular flexibility index (Phi) is 6.22. The fraction of sp³-hybridized carbons (Fsp3) is 0.500. The molecule has 2 heterocycles. The van der Waals surface area contributed by atoms with Gasteiger partial charge in [-0.15, -0.1) is 5.10 Å². The summed E-state index contributed by atoms with van der Waals surface area (Å²) < 4.78 is 11.5. The summed E-state index contributed by atoms with van der Waals surface area (Å²) in [6, 6.07) is 2.71. The molecule has 2 rings (SSSR count). The molecule has 0 unspecified atom stereocenters. The predicted molar refractivity (Wildman–Crippen MR) is 103 cm³/mol. The Hall–Kier alpha value is -3.17. The number of esters is 1.